The van der Waals surface area contributed by atoms with E-state index in [1.54, 1.807) is 6.07 Å². The average molecular weight is 280 g/mol. The van der Waals surface area contributed by atoms with Crippen LogP contribution in [0.2, 0.25) is 18.1 Å². The summed E-state index contributed by atoms with van der Waals surface area (Å²) in [6, 6.07) is 4.13. The molecule has 0 aliphatic heterocycles. The molecule has 0 unspecified atom stereocenters. The second-order valence-corrected chi connectivity index (χ2v) is 10.5. The quantitative estimate of drug-likeness (QED) is 0.641. The molecule has 0 fully saturated rings. The molecule has 1 rings (SSSR count). The summed E-state index contributed by atoms with van der Waals surface area (Å²) in [4.78, 5) is 10.2. The molecule has 1 aromatic carbocycles. The summed E-state index contributed by atoms with van der Waals surface area (Å²) in [5.41, 5.74) is 0.316. The Morgan fingerprint density at radius 3 is 2.53 bits per heavy atom. The highest BCUT2D eigenvalue weighted by Gasteiger charge is 2.37. The van der Waals surface area contributed by atoms with Crippen LogP contribution in [0.25, 0.3) is 0 Å². The molecule has 0 aliphatic rings. The molecular formula is C14H22BFO2Si. The first-order valence-electron chi connectivity index (χ1n) is 6.54. The summed E-state index contributed by atoms with van der Waals surface area (Å²) in [5, 5.41) is -0.0509. The molecule has 19 heavy (non-hydrogen) atoms. The van der Waals surface area contributed by atoms with E-state index in [0.29, 0.717) is 17.8 Å². The Labute approximate surface area is 117 Å². The van der Waals surface area contributed by atoms with E-state index >= 15 is 0 Å². The number of ether oxygens (including phenoxy) is 1. The van der Waals surface area contributed by atoms with Gasteiger partial charge in [-0.1, -0.05) is 19.3 Å². The van der Waals surface area contributed by atoms with Crippen LogP contribution in [0.3, 0.4) is 0 Å². The second-order valence-electron chi connectivity index (χ2n) is 6.08. The molecule has 5 heteroatoms. The monoisotopic (exact) mass is 280 g/mol. The summed E-state index contributed by atoms with van der Waals surface area (Å²) in [5.74, 6) is 0.152. The molecule has 2 radical (unpaired) electrons. The Kier molecular flexibility index (Phi) is 5.21. The average Bonchev–Trinajstić information content (AvgIpc) is 2.25. The zero-order valence-corrected chi connectivity index (χ0v) is 13.2. The van der Waals surface area contributed by atoms with Crippen LogP contribution in [0.5, 0.6) is 5.75 Å². The third-order valence-corrected chi connectivity index (χ3v) is 7.39. The van der Waals surface area contributed by atoms with Crippen molar-refractivity contribution in [3.05, 3.63) is 24.0 Å². The fourth-order valence-electron chi connectivity index (χ4n) is 1.65. The molecule has 0 atom stereocenters. The van der Waals surface area contributed by atoms with Crippen molar-refractivity contribution in [3.63, 3.8) is 0 Å². The van der Waals surface area contributed by atoms with Crippen molar-refractivity contribution in [1.82, 2.24) is 0 Å². The predicted octanol–water partition coefficient (Wildman–Crippen LogP) is 2.76. The van der Waals surface area contributed by atoms with Gasteiger partial charge >= 0.3 is 0 Å². The number of hydrogen-bond donors (Lipinski definition) is 1. The fourth-order valence-corrected chi connectivity index (χ4v) is 2.44. The van der Waals surface area contributed by atoms with Gasteiger partial charge in [0.25, 0.3) is 0 Å². The first-order valence-corrected chi connectivity index (χ1v) is 9.48. The summed E-state index contributed by atoms with van der Waals surface area (Å²) in [6.45, 7) is 8.60. The van der Waals surface area contributed by atoms with E-state index in [2.05, 4.69) is 13.8 Å². The van der Waals surface area contributed by atoms with Gasteiger partial charge in [0.15, 0.2) is 8.32 Å². The number of hydrogen-bond acceptors (Lipinski definition) is 2. The largest absolute Gasteiger partial charge is 0.494 e. The van der Waals surface area contributed by atoms with E-state index < -0.39 is 8.32 Å². The van der Waals surface area contributed by atoms with Gasteiger partial charge in [0.1, 0.15) is 19.4 Å². The van der Waals surface area contributed by atoms with E-state index in [0.717, 1.165) is 12.8 Å². The summed E-state index contributed by atoms with van der Waals surface area (Å²) in [7, 11) is 3.50. The Morgan fingerprint density at radius 1 is 1.37 bits per heavy atom. The van der Waals surface area contributed by atoms with Crippen LogP contribution < -0.4 is 10.2 Å². The lowest BCUT2D eigenvalue weighted by Gasteiger charge is -2.35. The molecule has 0 saturated heterocycles. The fraction of sp³-hybridized carbons (Fsp3) is 0.571. The molecule has 0 amide bonds. The molecule has 104 valence electrons. The minimum atomic E-state index is -2.16. The van der Waals surface area contributed by atoms with Gasteiger partial charge in [0.2, 0.25) is 0 Å². The number of halogens is 1. The minimum absolute atomic E-state index is 0.0509. The lowest BCUT2D eigenvalue weighted by molar-refractivity contribution is 0.296. The van der Waals surface area contributed by atoms with Gasteiger partial charge in [-0.25, -0.2) is 4.39 Å². The van der Waals surface area contributed by atoms with Crippen LogP contribution in [-0.4, -0.2) is 27.6 Å². The molecule has 0 spiro atoms. The van der Waals surface area contributed by atoms with Crippen LogP contribution in [0.15, 0.2) is 18.2 Å². The van der Waals surface area contributed by atoms with Gasteiger partial charge in [-0.3, -0.25) is 0 Å². The van der Waals surface area contributed by atoms with E-state index in [4.69, 9.17) is 12.6 Å². The Hall–Kier alpha value is -0.808. The van der Waals surface area contributed by atoms with Crippen LogP contribution in [-0.2, 0) is 0 Å². The van der Waals surface area contributed by atoms with Crippen molar-refractivity contribution >= 4 is 21.6 Å². The van der Waals surface area contributed by atoms with Gasteiger partial charge < -0.3 is 9.53 Å². The van der Waals surface area contributed by atoms with Crippen LogP contribution in [0.4, 0.5) is 4.39 Å². The lowest BCUT2D eigenvalue weighted by Crippen LogP contribution is -2.39. The van der Waals surface area contributed by atoms with Gasteiger partial charge in [-0.2, -0.15) is 0 Å². The van der Waals surface area contributed by atoms with E-state index in [9.17, 15) is 9.19 Å². The Balaban J connectivity index is 2.43. The summed E-state index contributed by atoms with van der Waals surface area (Å²) >= 11 is 0. The van der Waals surface area contributed by atoms with Crippen LogP contribution in [0.1, 0.15) is 26.7 Å². The zero-order valence-electron chi connectivity index (χ0n) is 12.2. The van der Waals surface area contributed by atoms with E-state index in [1.165, 1.54) is 12.1 Å². The van der Waals surface area contributed by atoms with Crippen molar-refractivity contribution in [2.45, 2.75) is 44.8 Å². The van der Waals surface area contributed by atoms with Crippen molar-refractivity contribution in [2.24, 2.45) is 0 Å². The maximum atomic E-state index is 12.9. The molecule has 2 nitrogen and oxygen atoms in total. The molecule has 1 N–H and O–H groups in total. The first-order chi connectivity index (χ1) is 8.63. The first kappa shape index (κ1) is 16.2. The van der Waals surface area contributed by atoms with Gasteiger partial charge in [-0.15, -0.1) is 0 Å². The molecule has 0 saturated carbocycles. The minimum Gasteiger partial charge on any atom is -0.494 e. The summed E-state index contributed by atoms with van der Waals surface area (Å²) < 4.78 is 18.4. The molecule has 1 aromatic rings. The van der Waals surface area contributed by atoms with Crippen molar-refractivity contribution in [2.75, 3.05) is 6.61 Å². The predicted molar refractivity (Wildman–Crippen MR) is 80.3 cm³/mol. The molecule has 0 aromatic heterocycles. The third-order valence-electron chi connectivity index (χ3n) is 3.83. The van der Waals surface area contributed by atoms with Crippen molar-refractivity contribution in [3.8, 4) is 5.75 Å². The molecule has 0 bridgehead atoms. The molecule has 0 heterocycles. The smallest absolute Gasteiger partial charge is 0.188 e. The molecular weight excluding hydrogens is 258 g/mol. The second kappa shape index (κ2) is 6.10. The zero-order chi connectivity index (χ0) is 14.7. The standard InChI is InChI=1S/C14H22BFO2Si/c1-14(2,19(3,4)17)8-5-9-18-13-7-6-11(16)10-12(13)15/h6-7,10,17H,5,8-9H2,1-4H3. The van der Waals surface area contributed by atoms with Crippen LogP contribution in [0, 0.1) is 5.82 Å². The lowest BCUT2D eigenvalue weighted by atomic mass is 9.95. The molecule has 0 aliphatic carbocycles. The van der Waals surface area contributed by atoms with Gasteiger partial charge in [0.05, 0.1) is 6.61 Å². The SMILES string of the molecule is [B]c1cc(F)ccc1OCCCC(C)(C)[Si](C)(C)O. The summed E-state index contributed by atoms with van der Waals surface area (Å²) in [6.07, 6.45) is 1.73. The highest BCUT2D eigenvalue weighted by molar-refractivity contribution is 6.72. The maximum Gasteiger partial charge on any atom is 0.188 e. The highest BCUT2D eigenvalue weighted by Crippen LogP contribution is 2.39. The van der Waals surface area contributed by atoms with Crippen LogP contribution >= 0.6 is 0 Å². The Morgan fingerprint density at radius 2 is 2.00 bits per heavy atom. The normalized spacial score (nSPS) is 12.5. The Bertz CT molecular complexity index is 430. The number of benzene rings is 1. The van der Waals surface area contributed by atoms with Crippen molar-refractivity contribution < 1.29 is 13.9 Å². The number of rotatable bonds is 6. The van der Waals surface area contributed by atoms with E-state index in [-0.39, 0.29) is 10.9 Å². The highest BCUT2D eigenvalue weighted by atomic mass is 28.4. The van der Waals surface area contributed by atoms with Crippen molar-refractivity contribution in [1.29, 1.82) is 0 Å². The third kappa shape index (κ3) is 4.66. The van der Waals surface area contributed by atoms with E-state index in [1.807, 2.05) is 13.1 Å². The van der Waals surface area contributed by atoms with Gasteiger partial charge in [-0.05, 0) is 49.2 Å². The topological polar surface area (TPSA) is 29.5 Å². The van der Waals surface area contributed by atoms with Gasteiger partial charge in [0, 0.05) is 0 Å². The maximum absolute atomic E-state index is 12.9.